The molecule has 5 nitrogen and oxygen atoms in total. The first-order valence-electron chi connectivity index (χ1n) is 3.48. The molecule has 2 aromatic heterocycles. The van der Waals surface area contributed by atoms with Gasteiger partial charge in [0.1, 0.15) is 10.6 Å². The number of carbonyl (C=O) groups is 1. The van der Waals surface area contributed by atoms with Crippen LogP contribution in [-0.2, 0) is 0 Å². The number of anilines is 2. The summed E-state index contributed by atoms with van der Waals surface area (Å²) in [6.45, 7) is 0. The first kappa shape index (κ1) is 7.93. The summed E-state index contributed by atoms with van der Waals surface area (Å²) in [5, 5.41) is 0.682. The number of hydrogen-bond donors (Lipinski definition) is 2. The van der Waals surface area contributed by atoms with Crippen LogP contribution in [0.4, 0.5) is 11.8 Å². The number of nitrogen functional groups attached to an aromatic ring is 2. The van der Waals surface area contributed by atoms with Crippen molar-refractivity contribution >= 4 is 39.6 Å². The summed E-state index contributed by atoms with van der Waals surface area (Å²) in [7, 11) is 0. The highest BCUT2D eigenvalue weighted by atomic mass is 32.1. The van der Waals surface area contributed by atoms with Gasteiger partial charge in [-0.3, -0.25) is 4.79 Å². The van der Waals surface area contributed by atoms with E-state index in [4.69, 9.17) is 11.5 Å². The van der Waals surface area contributed by atoms with Crippen molar-refractivity contribution in [3.8, 4) is 0 Å². The molecule has 0 bridgehead atoms. The Balaban J connectivity index is 2.82. The third-order valence-electron chi connectivity index (χ3n) is 1.57. The van der Waals surface area contributed by atoms with Gasteiger partial charge in [-0.2, -0.15) is 4.98 Å². The predicted molar refractivity (Wildman–Crippen MR) is 51.6 cm³/mol. The number of rotatable bonds is 1. The van der Waals surface area contributed by atoms with Gasteiger partial charge in [0.25, 0.3) is 0 Å². The van der Waals surface area contributed by atoms with Crippen molar-refractivity contribution < 1.29 is 4.79 Å². The first-order valence-corrected chi connectivity index (χ1v) is 4.30. The summed E-state index contributed by atoms with van der Waals surface area (Å²) >= 11 is 1.25. The van der Waals surface area contributed by atoms with Gasteiger partial charge < -0.3 is 11.5 Å². The molecule has 0 aliphatic rings. The number of nitrogens with two attached hydrogens (primary N) is 2. The van der Waals surface area contributed by atoms with Crippen molar-refractivity contribution in [2.75, 3.05) is 11.5 Å². The van der Waals surface area contributed by atoms with Gasteiger partial charge in [0.15, 0.2) is 6.29 Å². The fraction of sp³-hybridized carbons (Fsp3) is 0. The topological polar surface area (TPSA) is 94.9 Å². The lowest BCUT2D eigenvalue weighted by Gasteiger charge is -1.95. The number of hydrogen-bond acceptors (Lipinski definition) is 6. The average molecular weight is 194 g/mol. The van der Waals surface area contributed by atoms with E-state index >= 15 is 0 Å². The largest absolute Gasteiger partial charge is 0.383 e. The zero-order chi connectivity index (χ0) is 9.42. The van der Waals surface area contributed by atoms with E-state index in [1.807, 2.05) is 0 Å². The Bertz CT molecular complexity index is 479. The molecule has 0 spiro atoms. The van der Waals surface area contributed by atoms with E-state index in [-0.39, 0.29) is 5.95 Å². The molecule has 0 unspecified atom stereocenters. The van der Waals surface area contributed by atoms with Crippen LogP contribution >= 0.6 is 11.3 Å². The van der Waals surface area contributed by atoms with Crippen LogP contribution in [-0.4, -0.2) is 16.3 Å². The zero-order valence-electron chi connectivity index (χ0n) is 6.52. The number of nitrogens with zero attached hydrogens (tertiary/aromatic N) is 2. The molecule has 0 aliphatic carbocycles. The van der Waals surface area contributed by atoms with Gasteiger partial charge in [0.2, 0.25) is 5.95 Å². The maximum absolute atomic E-state index is 10.5. The molecular formula is C7H6N4OS. The lowest BCUT2D eigenvalue weighted by molar-refractivity contribution is 0.112. The molecule has 0 atom stereocenters. The lowest BCUT2D eigenvalue weighted by atomic mass is 10.3. The van der Waals surface area contributed by atoms with E-state index in [1.54, 1.807) is 6.07 Å². The summed E-state index contributed by atoms with van der Waals surface area (Å²) in [6.07, 6.45) is 0.752. The molecule has 0 fully saturated rings. The Morgan fingerprint density at radius 1 is 1.38 bits per heavy atom. The average Bonchev–Trinajstić information content (AvgIpc) is 2.47. The highest BCUT2D eigenvalue weighted by Gasteiger charge is 2.07. The minimum Gasteiger partial charge on any atom is -0.383 e. The van der Waals surface area contributed by atoms with Crippen molar-refractivity contribution in [3.63, 3.8) is 0 Å². The van der Waals surface area contributed by atoms with Gasteiger partial charge in [-0.25, -0.2) is 4.98 Å². The monoisotopic (exact) mass is 194 g/mol. The second kappa shape index (κ2) is 2.67. The van der Waals surface area contributed by atoms with E-state index < -0.39 is 0 Å². The second-order valence-corrected chi connectivity index (χ2v) is 3.51. The molecule has 2 aromatic rings. The summed E-state index contributed by atoms with van der Waals surface area (Å²) in [5.74, 6) is 0.441. The van der Waals surface area contributed by atoms with Crippen molar-refractivity contribution in [1.29, 1.82) is 0 Å². The number of fused-ring (bicyclic) bond motifs is 1. The molecule has 4 N–H and O–H groups in total. The van der Waals surface area contributed by atoms with E-state index in [2.05, 4.69) is 9.97 Å². The van der Waals surface area contributed by atoms with Gasteiger partial charge in [-0.05, 0) is 6.07 Å². The molecule has 0 aromatic carbocycles. The van der Waals surface area contributed by atoms with Crippen LogP contribution < -0.4 is 11.5 Å². The fourth-order valence-electron chi connectivity index (χ4n) is 1.04. The minimum absolute atomic E-state index is 0.129. The molecule has 0 radical (unpaired) electrons. The molecule has 0 aliphatic heterocycles. The summed E-state index contributed by atoms with van der Waals surface area (Å²) in [4.78, 5) is 19.4. The molecule has 0 saturated carbocycles. The van der Waals surface area contributed by atoms with Gasteiger partial charge in [-0.1, -0.05) is 0 Å². The Labute approximate surface area is 77.4 Å². The third kappa shape index (κ3) is 1.20. The third-order valence-corrected chi connectivity index (χ3v) is 2.53. The highest BCUT2D eigenvalue weighted by molar-refractivity contribution is 7.20. The van der Waals surface area contributed by atoms with Gasteiger partial charge in [-0.15, -0.1) is 11.3 Å². The van der Waals surface area contributed by atoms with Crippen LogP contribution in [0.3, 0.4) is 0 Å². The van der Waals surface area contributed by atoms with E-state index in [0.717, 1.165) is 6.29 Å². The molecule has 0 saturated heterocycles. The molecular weight excluding hydrogens is 188 g/mol. The molecule has 2 heterocycles. The molecule has 6 heteroatoms. The molecule has 66 valence electrons. The van der Waals surface area contributed by atoms with Crippen LogP contribution in [0.2, 0.25) is 0 Å². The van der Waals surface area contributed by atoms with Crippen LogP contribution in [0.1, 0.15) is 9.67 Å². The number of thiophene rings is 1. The number of aldehydes is 1. The molecule has 0 amide bonds. The highest BCUT2D eigenvalue weighted by Crippen LogP contribution is 2.26. The maximum Gasteiger partial charge on any atom is 0.223 e. The van der Waals surface area contributed by atoms with Gasteiger partial charge in [0, 0.05) is 0 Å². The first-order chi connectivity index (χ1) is 6.20. The van der Waals surface area contributed by atoms with Gasteiger partial charge in [0.05, 0.1) is 10.3 Å². The summed E-state index contributed by atoms with van der Waals surface area (Å²) < 4.78 is 0. The minimum atomic E-state index is 0.129. The smallest absolute Gasteiger partial charge is 0.223 e. The molecule has 13 heavy (non-hydrogen) atoms. The SMILES string of the molecule is Nc1nc(N)c2cc(C=O)sc2n1. The van der Waals surface area contributed by atoms with Crippen molar-refractivity contribution in [2.45, 2.75) is 0 Å². The second-order valence-electron chi connectivity index (χ2n) is 2.45. The normalized spacial score (nSPS) is 10.5. The number of aromatic nitrogens is 2. The van der Waals surface area contributed by atoms with E-state index in [0.29, 0.717) is 20.9 Å². The Morgan fingerprint density at radius 2 is 2.15 bits per heavy atom. The van der Waals surface area contributed by atoms with Crippen molar-refractivity contribution in [3.05, 3.63) is 10.9 Å². The van der Waals surface area contributed by atoms with E-state index in [1.165, 1.54) is 11.3 Å². The molecule has 2 rings (SSSR count). The Hall–Kier alpha value is -1.69. The number of carbonyl (C=O) groups excluding carboxylic acids is 1. The van der Waals surface area contributed by atoms with Crippen molar-refractivity contribution in [2.24, 2.45) is 0 Å². The predicted octanol–water partition coefficient (Wildman–Crippen LogP) is 0.668. The van der Waals surface area contributed by atoms with Crippen LogP contribution in [0.25, 0.3) is 10.2 Å². The maximum atomic E-state index is 10.5. The van der Waals surface area contributed by atoms with Gasteiger partial charge >= 0.3 is 0 Å². The lowest BCUT2D eigenvalue weighted by Crippen LogP contribution is -1.98. The van der Waals surface area contributed by atoms with Crippen LogP contribution in [0.5, 0.6) is 0 Å². The fourth-order valence-corrected chi connectivity index (χ4v) is 1.90. The van der Waals surface area contributed by atoms with Crippen LogP contribution in [0.15, 0.2) is 6.07 Å². The van der Waals surface area contributed by atoms with Crippen LogP contribution in [0, 0.1) is 0 Å². The summed E-state index contributed by atoms with van der Waals surface area (Å²) in [5.41, 5.74) is 11.0. The summed E-state index contributed by atoms with van der Waals surface area (Å²) in [6, 6.07) is 1.65. The van der Waals surface area contributed by atoms with E-state index in [9.17, 15) is 4.79 Å². The quantitative estimate of drug-likeness (QED) is 0.650. The zero-order valence-corrected chi connectivity index (χ0v) is 7.34. The standard InChI is InChI=1S/C7H6N4OS/c8-5-4-1-3(2-12)13-6(4)11-7(9)10-5/h1-2H,(H4,8,9,10,11). The Morgan fingerprint density at radius 3 is 2.85 bits per heavy atom. The van der Waals surface area contributed by atoms with Crippen molar-refractivity contribution in [1.82, 2.24) is 9.97 Å². The Kier molecular flexibility index (Phi) is 1.63.